The Morgan fingerprint density at radius 1 is 1.24 bits per heavy atom. The van der Waals surface area contributed by atoms with E-state index in [1.807, 2.05) is 30.3 Å². The molecule has 0 spiro atoms. The number of hydrogen-bond donors (Lipinski definition) is 1. The topological polar surface area (TPSA) is 38.3 Å². The van der Waals surface area contributed by atoms with Gasteiger partial charge in [-0.05, 0) is 11.6 Å². The normalized spacial score (nSPS) is 12.0. The lowest BCUT2D eigenvalue weighted by atomic mass is 10.1. The van der Waals surface area contributed by atoms with Crippen LogP contribution in [0.4, 0.5) is 4.39 Å². The second kappa shape index (κ2) is 7.20. The lowest BCUT2D eigenvalue weighted by Gasteiger charge is -2.17. The third-order valence-electron chi connectivity index (χ3n) is 3.10. The number of hydrogen-bond acceptors (Lipinski definition) is 3. The summed E-state index contributed by atoms with van der Waals surface area (Å²) in [5.74, 6) is -0.910. The first-order chi connectivity index (χ1) is 10.1. The first-order valence-corrected chi connectivity index (χ1v) is 6.80. The van der Waals surface area contributed by atoms with Crippen molar-refractivity contribution in [1.82, 2.24) is 5.32 Å². The SMILES string of the molecule is COC(=O)C(NCc1cccc(Cl)c1F)c1ccccc1. The highest BCUT2D eigenvalue weighted by atomic mass is 35.5. The summed E-state index contributed by atoms with van der Waals surface area (Å²) in [6, 6.07) is 13.2. The van der Waals surface area contributed by atoms with Crippen molar-refractivity contribution < 1.29 is 13.9 Å². The second-order valence-electron chi connectivity index (χ2n) is 4.46. The summed E-state index contributed by atoms with van der Waals surface area (Å²) < 4.78 is 18.6. The van der Waals surface area contributed by atoms with E-state index < -0.39 is 17.8 Å². The van der Waals surface area contributed by atoms with Crippen LogP contribution in [0.25, 0.3) is 0 Å². The fourth-order valence-corrected chi connectivity index (χ4v) is 2.19. The van der Waals surface area contributed by atoms with Crippen molar-refractivity contribution in [3.63, 3.8) is 0 Å². The second-order valence-corrected chi connectivity index (χ2v) is 4.87. The van der Waals surface area contributed by atoms with Crippen LogP contribution < -0.4 is 5.32 Å². The maximum atomic E-state index is 13.8. The number of rotatable bonds is 5. The van der Waals surface area contributed by atoms with Crippen molar-refractivity contribution in [3.8, 4) is 0 Å². The molecular formula is C16H15ClFNO2. The Hall–Kier alpha value is -1.91. The van der Waals surface area contributed by atoms with Gasteiger partial charge in [-0.3, -0.25) is 5.32 Å². The highest BCUT2D eigenvalue weighted by Gasteiger charge is 2.21. The lowest BCUT2D eigenvalue weighted by Crippen LogP contribution is -2.29. The number of carbonyl (C=O) groups excluding carboxylic acids is 1. The van der Waals surface area contributed by atoms with Gasteiger partial charge in [-0.2, -0.15) is 0 Å². The van der Waals surface area contributed by atoms with Crippen molar-refractivity contribution in [2.45, 2.75) is 12.6 Å². The van der Waals surface area contributed by atoms with Crippen LogP contribution in [0, 0.1) is 5.82 Å². The lowest BCUT2D eigenvalue weighted by molar-refractivity contribution is -0.143. The molecule has 110 valence electrons. The van der Waals surface area contributed by atoms with Crippen molar-refractivity contribution >= 4 is 17.6 Å². The molecule has 0 heterocycles. The molecule has 1 N–H and O–H groups in total. The minimum atomic E-state index is -0.658. The van der Waals surface area contributed by atoms with Crippen molar-refractivity contribution in [2.24, 2.45) is 0 Å². The van der Waals surface area contributed by atoms with Crippen LogP contribution in [0.5, 0.6) is 0 Å². The predicted octanol–water partition coefficient (Wildman–Crippen LogP) is 3.48. The molecular weight excluding hydrogens is 293 g/mol. The van der Waals surface area contributed by atoms with Gasteiger partial charge < -0.3 is 4.74 Å². The zero-order chi connectivity index (χ0) is 15.2. The fourth-order valence-electron chi connectivity index (χ4n) is 2.00. The number of methoxy groups -OCH3 is 1. The molecule has 0 aliphatic carbocycles. The van der Waals surface area contributed by atoms with Crippen LogP contribution in [0.1, 0.15) is 17.2 Å². The molecule has 1 unspecified atom stereocenters. The van der Waals surface area contributed by atoms with Gasteiger partial charge in [0.1, 0.15) is 11.9 Å². The van der Waals surface area contributed by atoms with Gasteiger partial charge >= 0.3 is 5.97 Å². The van der Waals surface area contributed by atoms with E-state index in [0.29, 0.717) is 5.56 Å². The minimum Gasteiger partial charge on any atom is -0.468 e. The van der Waals surface area contributed by atoms with E-state index in [1.165, 1.54) is 13.2 Å². The van der Waals surface area contributed by atoms with E-state index in [0.717, 1.165) is 5.56 Å². The van der Waals surface area contributed by atoms with Crippen molar-refractivity contribution in [2.75, 3.05) is 7.11 Å². The van der Waals surface area contributed by atoms with E-state index in [-0.39, 0.29) is 11.6 Å². The molecule has 0 aromatic heterocycles. The Labute approximate surface area is 127 Å². The van der Waals surface area contributed by atoms with Crippen LogP contribution >= 0.6 is 11.6 Å². The van der Waals surface area contributed by atoms with Gasteiger partial charge in [-0.15, -0.1) is 0 Å². The van der Waals surface area contributed by atoms with Gasteiger partial charge in [0.15, 0.2) is 0 Å². The average molecular weight is 308 g/mol. The first-order valence-electron chi connectivity index (χ1n) is 6.42. The third-order valence-corrected chi connectivity index (χ3v) is 3.39. The largest absolute Gasteiger partial charge is 0.468 e. The quantitative estimate of drug-likeness (QED) is 0.859. The van der Waals surface area contributed by atoms with Crippen LogP contribution in [0.3, 0.4) is 0 Å². The minimum absolute atomic E-state index is 0.0589. The molecule has 2 rings (SSSR count). The molecule has 3 nitrogen and oxygen atoms in total. The van der Waals surface area contributed by atoms with E-state index in [2.05, 4.69) is 5.32 Å². The molecule has 1 atom stereocenters. The number of carbonyl (C=O) groups is 1. The summed E-state index contributed by atoms with van der Waals surface area (Å²) in [6.45, 7) is 0.168. The Kier molecular flexibility index (Phi) is 5.31. The Bertz CT molecular complexity index is 619. The molecule has 0 aliphatic rings. The Balaban J connectivity index is 2.17. The summed E-state index contributed by atoms with van der Waals surface area (Å²) in [6.07, 6.45) is 0. The number of benzene rings is 2. The molecule has 2 aromatic carbocycles. The van der Waals surface area contributed by atoms with Gasteiger partial charge in [0.25, 0.3) is 0 Å². The predicted molar refractivity (Wildman–Crippen MR) is 79.4 cm³/mol. The first kappa shape index (κ1) is 15.5. The van der Waals surface area contributed by atoms with Gasteiger partial charge in [0.05, 0.1) is 12.1 Å². The van der Waals surface area contributed by atoms with Crippen LogP contribution in [-0.4, -0.2) is 13.1 Å². The van der Waals surface area contributed by atoms with E-state index in [1.54, 1.807) is 12.1 Å². The summed E-state index contributed by atoms with van der Waals surface area (Å²) in [5.41, 5.74) is 1.15. The van der Waals surface area contributed by atoms with Gasteiger partial charge in [0.2, 0.25) is 0 Å². The van der Waals surface area contributed by atoms with Crippen LogP contribution in [-0.2, 0) is 16.1 Å². The number of nitrogens with one attached hydrogen (secondary N) is 1. The molecule has 5 heteroatoms. The smallest absolute Gasteiger partial charge is 0.327 e. The standard InChI is InChI=1S/C16H15ClFNO2/c1-21-16(20)15(11-6-3-2-4-7-11)19-10-12-8-5-9-13(17)14(12)18/h2-9,15,19H,10H2,1H3. The molecule has 0 fully saturated rings. The van der Waals surface area contributed by atoms with Crippen molar-refractivity contribution in [3.05, 3.63) is 70.5 Å². The Morgan fingerprint density at radius 3 is 2.62 bits per heavy atom. The van der Waals surface area contributed by atoms with Crippen molar-refractivity contribution in [1.29, 1.82) is 0 Å². The molecule has 0 saturated carbocycles. The molecule has 0 bridgehead atoms. The molecule has 0 aliphatic heterocycles. The highest BCUT2D eigenvalue weighted by Crippen LogP contribution is 2.20. The summed E-state index contributed by atoms with van der Waals surface area (Å²) in [7, 11) is 1.32. The number of ether oxygens (including phenoxy) is 1. The molecule has 21 heavy (non-hydrogen) atoms. The molecule has 0 saturated heterocycles. The van der Waals surface area contributed by atoms with Gasteiger partial charge in [-0.1, -0.05) is 54.1 Å². The van der Waals surface area contributed by atoms with Gasteiger partial charge in [-0.25, -0.2) is 9.18 Å². The third kappa shape index (κ3) is 3.80. The monoisotopic (exact) mass is 307 g/mol. The molecule has 0 radical (unpaired) electrons. The van der Waals surface area contributed by atoms with E-state index >= 15 is 0 Å². The maximum absolute atomic E-state index is 13.8. The fraction of sp³-hybridized carbons (Fsp3) is 0.188. The summed E-state index contributed by atoms with van der Waals surface area (Å²) in [5, 5.41) is 3.06. The average Bonchev–Trinajstić information content (AvgIpc) is 2.52. The molecule has 2 aromatic rings. The number of halogens is 2. The maximum Gasteiger partial charge on any atom is 0.327 e. The zero-order valence-corrected chi connectivity index (χ0v) is 12.2. The zero-order valence-electron chi connectivity index (χ0n) is 11.5. The summed E-state index contributed by atoms with van der Waals surface area (Å²) in [4.78, 5) is 11.9. The van der Waals surface area contributed by atoms with Crippen LogP contribution in [0.15, 0.2) is 48.5 Å². The Morgan fingerprint density at radius 2 is 1.95 bits per heavy atom. The number of esters is 1. The van der Waals surface area contributed by atoms with E-state index in [9.17, 15) is 9.18 Å². The highest BCUT2D eigenvalue weighted by molar-refractivity contribution is 6.30. The molecule has 0 amide bonds. The van der Waals surface area contributed by atoms with Gasteiger partial charge in [0, 0.05) is 12.1 Å². The summed E-state index contributed by atoms with van der Waals surface area (Å²) >= 11 is 5.74. The van der Waals surface area contributed by atoms with E-state index in [4.69, 9.17) is 16.3 Å². The van der Waals surface area contributed by atoms with Crippen LogP contribution in [0.2, 0.25) is 5.02 Å².